The van der Waals surface area contributed by atoms with Crippen LogP contribution in [0.3, 0.4) is 0 Å². The fraction of sp³-hybridized carbons (Fsp3) is 0.250. The third-order valence-corrected chi connectivity index (χ3v) is 1.10. The van der Waals surface area contributed by atoms with Gasteiger partial charge in [-0.25, -0.2) is 5.11 Å². The molecule has 0 saturated carbocycles. The number of hydrogen-bond donors (Lipinski definition) is 0. The fourth-order valence-electron chi connectivity index (χ4n) is 0.676. The van der Waals surface area contributed by atoms with E-state index in [1.165, 1.54) is 0 Å². The second-order valence-electron chi connectivity index (χ2n) is 1.87. The van der Waals surface area contributed by atoms with Gasteiger partial charge in [0.1, 0.15) is 19.0 Å². The van der Waals surface area contributed by atoms with E-state index in [1.807, 2.05) is 30.3 Å². The monoisotopic (exact) mass is 137 g/mol. The summed E-state index contributed by atoms with van der Waals surface area (Å²) in [6.07, 6.45) is 0. The van der Waals surface area contributed by atoms with Gasteiger partial charge in [0.15, 0.2) is 0 Å². The first-order valence-corrected chi connectivity index (χ1v) is 3.19. The highest BCUT2D eigenvalue weighted by Crippen LogP contribution is 2.07. The second kappa shape index (κ2) is 3.90. The standard InChI is InChI=1S/C8H9O2/c9-6-7-10-8-4-2-1-3-5-8/h1-5H,6-7H2. The Morgan fingerprint density at radius 1 is 1.20 bits per heavy atom. The third kappa shape index (κ3) is 2.07. The minimum Gasteiger partial charge on any atom is -0.491 e. The Bertz CT molecular complexity index is 172. The molecule has 0 bridgehead atoms. The molecule has 2 heteroatoms. The van der Waals surface area contributed by atoms with Gasteiger partial charge in [-0.15, -0.1) is 0 Å². The fourth-order valence-corrected chi connectivity index (χ4v) is 0.676. The number of ether oxygens (including phenoxy) is 1. The van der Waals surface area contributed by atoms with Crippen LogP contribution in [0.4, 0.5) is 0 Å². The van der Waals surface area contributed by atoms with Crippen LogP contribution in [-0.2, 0) is 5.11 Å². The quantitative estimate of drug-likeness (QED) is 0.620. The lowest BCUT2D eigenvalue weighted by atomic mass is 10.3. The second-order valence-corrected chi connectivity index (χ2v) is 1.87. The summed E-state index contributed by atoms with van der Waals surface area (Å²) in [6, 6.07) is 9.32. The van der Waals surface area contributed by atoms with Gasteiger partial charge in [-0.05, 0) is 12.1 Å². The summed E-state index contributed by atoms with van der Waals surface area (Å²) in [5.74, 6) is 0.762. The molecule has 0 aliphatic carbocycles. The van der Waals surface area contributed by atoms with Gasteiger partial charge in [-0.3, -0.25) is 0 Å². The van der Waals surface area contributed by atoms with Gasteiger partial charge in [0.25, 0.3) is 0 Å². The first-order chi connectivity index (χ1) is 4.93. The minimum absolute atomic E-state index is 0.186. The molecule has 0 spiro atoms. The number of para-hydroxylation sites is 1. The molecule has 0 aliphatic rings. The average molecular weight is 137 g/mol. The van der Waals surface area contributed by atoms with E-state index >= 15 is 0 Å². The van der Waals surface area contributed by atoms with E-state index in [0.717, 1.165) is 5.75 Å². The highest BCUT2D eigenvalue weighted by molar-refractivity contribution is 5.20. The van der Waals surface area contributed by atoms with Crippen molar-refractivity contribution in [3.8, 4) is 5.75 Å². The van der Waals surface area contributed by atoms with Crippen LogP contribution in [0.1, 0.15) is 0 Å². The average Bonchev–Trinajstić information content (AvgIpc) is 2.03. The molecule has 0 N–H and O–H groups in total. The summed E-state index contributed by atoms with van der Waals surface area (Å²) in [7, 11) is 0. The smallest absolute Gasteiger partial charge is 0.119 e. The van der Waals surface area contributed by atoms with Crippen LogP contribution in [-0.4, -0.2) is 13.2 Å². The van der Waals surface area contributed by atoms with E-state index in [0.29, 0.717) is 0 Å². The molecule has 0 saturated heterocycles. The van der Waals surface area contributed by atoms with Crippen molar-refractivity contribution in [1.82, 2.24) is 0 Å². The molecule has 0 aliphatic heterocycles. The molecule has 1 radical (unpaired) electrons. The molecule has 0 atom stereocenters. The molecule has 1 aromatic rings. The van der Waals surface area contributed by atoms with E-state index in [-0.39, 0.29) is 13.2 Å². The summed E-state index contributed by atoms with van der Waals surface area (Å²) in [5, 5.41) is 9.98. The Labute approximate surface area is 60.1 Å². The van der Waals surface area contributed by atoms with E-state index in [4.69, 9.17) is 4.74 Å². The first kappa shape index (κ1) is 7.09. The van der Waals surface area contributed by atoms with Crippen LogP contribution in [0, 0.1) is 0 Å². The minimum atomic E-state index is -0.186. The van der Waals surface area contributed by atoms with E-state index in [2.05, 4.69) is 0 Å². The van der Waals surface area contributed by atoms with Gasteiger partial charge in [0, 0.05) is 0 Å². The van der Waals surface area contributed by atoms with Gasteiger partial charge < -0.3 is 4.74 Å². The topological polar surface area (TPSA) is 29.1 Å². The Morgan fingerprint density at radius 3 is 2.50 bits per heavy atom. The molecule has 0 heterocycles. The van der Waals surface area contributed by atoms with Crippen LogP contribution in [0.2, 0.25) is 0 Å². The highest BCUT2D eigenvalue weighted by atomic mass is 16.5. The lowest BCUT2D eigenvalue weighted by Crippen LogP contribution is -1.99. The molecule has 0 amide bonds. The van der Waals surface area contributed by atoms with Crippen molar-refractivity contribution in [2.24, 2.45) is 0 Å². The van der Waals surface area contributed by atoms with Crippen LogP contribution in [0.25, 0.3) is 0 Å². The molecule has 10 heavy (non-hydrogen) atoms. The molecular formula is C8H9O2. The maximum Gasteiger partial charge on any atom is 0.119 e. The normalized spacial score (nSPS) is 9.30. The van der Waals surface area contributed by atoms with Crippen LogP contribution in [0.15, 0.2) is 30.3 Å². The van der Waals surface area contributed by atoms with Crippen LogP contribution in [0.5, 0.6) is 5.75 Å². The summed E-state index contributed by atoms with van der Waals surface area (Å²) < 4.78 is 5.04. The van der Waals surface area contributed by atoms with Crippen molar-refractivity contribution in [3.63, 3.8) is 0 Å². The van der Waals surface area contributed by atoms with Gasteiger partial charge >= 0.3 is 0 Å². The van der Waals surface area contributed by atoms with E-state index in [9.17, 15) is 5.11 Å². The van der Waals surface area contributed by atoms with Crippen molar-refractivity contribution in [2.45, 2.75) is 0 Å². The van der Waals surface area contributed by atoms with Crippen LogP contribution >= 0.6 is 0 Å². The maximum absolute atomic E-state index is 9.98. The summed E-state index contributed by atoms with van der Waals surface area (Å²) >= 11 is 0. The number of hydrogen-bond acceptors (Lipinski definition) is 1. The van der Waals surface area contributed by atoms with Crippen molar-refractivity contribution in [1.29, 1.82) is 0 Å². The Balaban J connectivity index is 2.43. The van der Waals surface area contributed by atoms with Crippen molar-refractivity contribution in [2.75, 3.05) is 13.2 Å². The lowest BCUT2D eigenvalue weighted by Gasteiger charge is -2.00. The van der Waals surface area contributed by atoms with E-state index < -0.39 is 0 Å². The number of rotatable bonds is 3. The van der Waals surface area contributed by atoms with Gasteiger partial charge in [-0.1, -0.05) is 18.2 Å². The van der Waals surface area contributed by atoms with Gasteiger partial charge in [0.2, 0.25) is 0 Å². The van der Waals surface area contributed by atoms with Crippen molar-refractivity contribution >= 4 is 0 Å². The highest BCUT2D eigenvalue weighted by Gasteiger charge is 1.87. The zero-order valence-corrected chi connectivity index (χ0v) is 5.62. The third-order valence-electron chi connectivity index (χ3n) is 1.10. The molecule has 0 unspecified atom stereocenters. The van der Waals surface area contributed by atoms with Crippen molar-refractivity contribution in [3.05, 3.63) is 30.3 Å². The van der Waals surface area contributed by atoms with E-state index in [1.54, 1.807) is 0 Å². The molecular weight excluding hydrogens is 128 g/mol. The molecule has 0 fully saturated rings. The zero-order valence-electron chi connectivity index (χ0n) is 5.62. The zero-order chi connectivity index (χ0) is 7.23. The number of benzene rings is 1. The Hall–Kier alpha value is -1.02. The predicted molar refractivity (Wildman–Crippen MR) is 37.5 cm³/mol. The Kier molecular flexibility index (Phi) is 2.77. The summed E-state index contributed by atoms with van der Waals surface area (Å²) in [4.78, 5) is 0. The molecule has 1 rings (SSSR count). The summed E-state index contributed by atoms with van der Waals surface area (Å²) in [5.41, 5.74) is 0. The summed E-state index contributed by atoms with van der Waals surface area (Å²) in [6.45, 7) is 0.0684. The SMILES string of the molecule is [O]CCOc1ccccc1. The first-order valence-electron chi connectivity index (χ1n) is 3.19. The van der Waals surface area contributed by atoms with Gasteiger partial charge in [0.05, 0.1) is 0 Å². The predicted octanol–water partition coefficient (Wildman–Crippen LogP) is 1.50. The molecule has 0 aromatic heterocycles. The molecule has 2 nitrogen and oxygen atoms in total. The van der Waals surface area contributed by atoms with Gasteiger partial charge in [-0.2, -0.15) is 0 Å². The maximum atomic E-state index is 9.98. The Morgan fingerprint density at radius 2 is 1.90 bits per heavy atom. The van der Waals surface area contributed by atoms with Crippen LogP contribution < -0.4 is 4.74 Å². The molecule has 53 valence electrons. The van der Waals surface area contributed by atoms with Crippen molar-refractivity contribution < 1.29 is 9.84 Å². The largest absolute Gasteiger partial charge is 0.491 e. The lowest BCUT2D eigenvalue weighted by molar-refractivity contribution is 0.138. The molecule has 1 aromatic carbocycles.